The van der Waals surface area contributed by atoms with Gasteiger partial charge in [0.15, 0.2) is 5.76 Å². The van der Waals surface area contributed by atoms with Crippen molar-refractivity contribution in [1.82, 2.24) is 5.48 Å². The first-order valence-corrected chi connectivity index (χ1v) is 9.62. The second kappa shape index (κ2) is 7.36. The molecule has 2 N–H and O–H groups in total. The summed E-state index contributed by atoms with van der Waals surface area (Å²) in [7, 11) is 0. The molecule has 0 bridgehead atoms. The minimum Gasteiger partial charge on any atom is -0.480 e. The van der Waals surface area contributed by atoms with Crippen molar-refractivity contribution >= 4 is 38.9 Å². The molecule has 0 saturated carbocycles. The fourth-order valence-electron chi connectivity index (χ4n) is 2.59. The minimum absolute atomic E-state index is 0.102. The number of amides is 1. The third kappa shape index (κ3) is 3.37. The van der Waals surface area contributed by atoms with Gasteiger partial charge in [0.2, 0.25) is 11.2 Å². The Morgan fingerprint density at radius 1 is 1.15 bits per heavy atom. The van der Waals surface area contributed by atoms with Gasteiger partial charge in [0.05, 0.1) is 4.88 Å². The van der Waals surface area contributed by atoms with Gasteiger partial charge in [-0.05, 0) is 23.6 Å². The van der Waals surface area contributed by atoms with Crippen LogP contribution in [0.3, 0.4) is 0 Å². The first kappa shape index (κ1) is 17.5. The molecule has 27 heavy (non-hydrogen) atoms. The first-order chi connectivity index (χ1) is 13.2. The summed E-state index contributed by atoms with van der Waals surface area (Å²) in [4.78, 5) is 25.4. The van der Waals surface area contributed by atoms with Crippen LogP contribution in [0.15, 0.2) is 63.1 Å². The number of thiophene rings is 2. The van der Waals surface area contributed by atoms with Gasteiger partial charge in [-0.3, -0.25) is 14.8 Å². The van der Waals surface area contributed by atoms with E-state index in [1.54, 1.807) is 29.1 Å². The predicted molar refractivity (Wildman–Crippen MR) is 104 cm³/mol. The Kier molecular flexibility index (Phi) is 4.76. The molecule has 0 spiro atoms. The lowest BCUT2D eigenvalue weighted by atomic mass is 10.1. The van der Waals surface area contributed by atoms with Crippen molar-refractivity contribution in [2.45, 2.75) is 6.61 Å². The molecule has 4 aromatic rings. The summed E-state index contributed by atoms with van der Waals surface area (Å²) >= 11 is 2.47. The lowest BCUT2D eigenvalue weighted by molar-refractivity contribution is 0.0711. The summed E-state index contributed by atoms with van der Waals surface area (Å²) in [6, 6.07) is 14.3. The van der Waals surface area contributed by atoms with E-state index >= 15 is 0 Å². The highest BCUT2D eigenvalue weighted by Crippen LogP contribution is 2.33. The Hall–Kier alpha value is -2.94. The maximum atomic E-state index is 12.9. The van der Waals surface area contributed by atoms with Crippen LogP contribution in [0.1, 0.15) is 14.5 Å². The summed E-state index contributed by atoms with van der Waals surface area (Å²) < 4.78 is 12.3. The molecule has 136 valence electrons. The molecular formula is C19H13NO5S2. The Labute approximate surface area is 161 Å². The molecule has 0 aliphatic heterocycles. The topological polar surface area (TPSA) is 88.8 Å². The predicted octanol–water partition coefficient (Wildman–Crippen LogP) is 4.28. The lowest BCUT2D eigenvalue weighted by Gasteiger charge is -2.09. The van der Waals surface area contributed by atoms with E-state index in [9.17, 15) is 9.59 Å². The normalized spacial score (nSPS) is 10.9. The molecule has 1 aromatic carbocycles. The van der Waals surface area contributed by atoms with Crippen molar-refractivity contribution in [1.29, 1.82) is 0 Å². The fraction of sp³-hybridized carbons (Fsp3) is 0.0526. The van der Waals surface area contributed by atoms with Crippen molar-refractivity contribution in [2.24, 2.45) is 0 Å². The Balaban J connectivity index is 1.72. The average Bonchev–Trinajstić information content (AvgIpc) is 3.36. The van der Waals surface area contributed by atoms with Crippen LogP contribution in [0.25, 0.3) is 21.6 Å². The summed E-state index contributed by atoms with van der Waals surface area (Å²) in [6.07, 6.45) is 0. The number of hydrogen-bond donors (Lipinski definition) is 2. The number of hydrogen-bond acceptors (Lipinski definition) is 7. The second-order valence-electron chi connectivity index (χ2n) is 5.56. The SMILES string of the molecule is O=C(NO)c1ccc(COc2c(-c3ccccc3)oc3ccsc3c2=O)s1. The van der Waals surface area contributed by atoms with E-state index in [0.717, 1.165) is 10.4 Å². The second-order valence-corrected chi connectivity index (χ2v) is 7.65. The van der Waals surface area contributed by atoms with Crippen LogP contribution in [0.5, 0.6) is 5.75 Å². The number of carbonyl (C=O) groups is 1. The van der Waals surface area contributed by atoms with Crippen LogP contribution >= 0.6 is 22.7 Å². The zero-order valence-corrected chi connectivity index (χ0v) is 15.4. The highest BCUT2D eigenvalue weighted by molar-refractivity contribution is 7.17. The number of nitrogens with one attached hydrogen (secondary N) is 1. The molecule has 0 fully saturated rings. The van der Waals surface area contributed by atoms with Gasteiger partial charge in [0.25, 0.3) is 5.91 Å². The Bertz CT molecular complexity index is 1160. The summed E-state index contributed by atoms with van der Waals surface area (Å²) in [5, 5.41) is 10.5. The van der Waals surface area contributed by atoms with Gasteiger partial charge in [-0.25, -0.2) is 5.48 Å². The van der Waals surface area contributed by atoms with Crippen LogP contribution in [-0.2, 0) is 6.61 Å². The monoisotopic (exact) mass is 399 g/mol. The summed E-state index contributed by atoms with van der Waals surface area (Å²) in [5.74, 6) is -0.0789. The molecule has 3 aromatic heterocycles. The third-order valence-electron chi connectivity index (χ3n) is 3.84. The van der Waals surface area contributed by atoms with Crippen molar-refractivity contribution in [3.05, 3.63) is 73.9 Å². The number of ether oxygens (including phenoxy) is 1. The fourth-order valence-corrected chi connectivity index (χ4v) is 4.16. The van der Waals surface area contributed by atoms with Crippen LogP contribution in [0.2, 0.25) is 0 Å². The van der Waals surface area contributed by atoms with Crippen LogP contribution in [0.4, 0.5) is 0 Å². The minimum atomic E-state index is -0.587. The molecule has 8 heteroatoms. The lowest BCUT2D eigenvalue weighted by Crippen LogP contribution is -2.16. The zero-order chi connectivity index (χ0) is 18.8. The largest absolute Gasteiger partial charge is 0.480 e. The van der Waals surface area contributed by atoms with Crippen LogP contribution in [-0.4, -0.2) is 11.1 Å². The molecule has 3 heterocycles. The molecule has 4 rings (SSSR count). The van der Waals surface area contributed by atoms with Crippen LogP contribution in [0, 0.1) is 0 Å². The number of benzene rings is 1. The molecule has 0 aliphatic rings. The first-order valence-electron chi connectivity index (χ1n) is 7.93. The van der Waals surface area contributed by atoms with Gasteiger partial charge in [0.1, 0.15) is 16.9 Å². The molecule has 0 atom stereocenters. The number of fused-ring (bicyclic) bond motifs is 1. The van der Waals surface area contributed by atoms with Gasteiger partial charge in [-0.2, -0.15) is 0 Å². The van der Waals surface area contributed by atoms with Crippen LogP contribution < -0.4 is 15.6 Å². The van der Waals surface area contributed by atoms with Crippen molar-refractivity contribution < 1.29 is 19.2 Å². The van der Waals surface area contributed by atoms with Gasteiger partial charge in [-0.15, -0.1) is 22.7 Å². The maximum absolute atomic E-state index is 12.9. The van der Waals surface area contributed by atoms with Crippen molar-refractivity contribution in [3.8, 4) is 17.1 Å². The zero-order valence-electron chi connectivity index (χ0n) is 13.8. The van der Waals surface area contributed by atoms with Gasteiger partial charge in [0, 0.05) is 10.4 Å². The molecule has 0 aliphatic carbocycles. The van der Waals surface area contributed by atoms with E-state index in [2.05, 4.69) is 0 Å². The molecule has 1 amide bonds. The quantitative estimate of drug-likeness (QED) is 0.386. The number of hydroxylamine groups is 1. The van der Waals surface area contributed by atoms with E-state index in [4.69, 9.17) is 14.4 Å². The third-order valence-corrected chi connectivity index (χ3v) is 5.79. The molecule has 6 nitrogen and oxygen atoms in total. The summed E-state index contributed by atoms with van der Waals surface area (Å²) in [5.41, 5.74) is 2.63. The van der Waals surface area contributed by atoms with Gasteiger partial charge in [-0.1, -0.05) is 30.3 Å². The maximum Gasteiger partial charge on any atom is 0.284 e. The molecule has 0 saturated heterocycles. The van der Waals surface area contributed by atoms with Crippen molar-refractivity contribution in [2.75, 3.05) is 0 Å². The van der Waals surface area contributed by atoms with Gasteiger partial charge >= 0.3 is 0 Å². The van der Waals surface area contributed by atoms with E-state index in [1.807, 2.05) is 30.3 Å². The standard InChI is InChI=1S/C19H13NO5S2/c21-15-17(24-10-12-6-7-14(27-12)19(22)20-23)16(11-4-2-1-3-5-11)25-13-8-9-26-18(13)15/h1-9,23H,10H2,(H,20,22). The number of rotatable bonds is 5. The Morgan fingerprint density at radius 2 is 1.96 bits per heavy atom. The molecule has 0 unspecified atom stereocenters. The average molecular weight is 399 g/mol. The van der Waals surface area contributed by atoms with E-state index in [1.165, 1.54) is 22.7 Å². The number of carbonyl (C=O) groups excluding carboxylic acids is 1. The summed E-state index contributed by atoms with van der Waals surface area (Å²) in [6.45, 7) is 0.102. The smallest absolute Gasteiger partial charge is 0.284 e. The highest BCUT2D eigenvalue weighted by Gasteiger charge is 2.19. The molecule has 0 radical (unpaired) electrons. The Morgan fingerprint density at radius 3 is 2.74 bits per heavy atom. The van der Waals surface area contributed by atoms with E-state index in [0.29, 0.717) is 20.9 Å². The van der Waals surface area contributed by atoms with Crippen molar-refractivity contribution in [3.63, 3.8) is 0 Å². The van der Waals surface area contributed by atoms with E-state index < -0.39 is 5.91 Å². The highest BCUT2D eigenvalue weighted by atomic mass is 32.1. The van der Waals surface area contributed by atoms with E-state index in [-0.39, 0.29) is 17.8 Å². The molecular weight excluding hydrogens is 386 g/mol. The van der Waals surface area contributed by atoms with Gasteiger partial charge < -0.3 is 9.15 Å².